The highest BCUT2D eigenvalue weighted by Gasteiger charge is 2.33. The number of hydrogen-bond donors (Lipinski definition) is 4. The van der Waals surface area contributed by atoms with Gasteiger partial charge in [-0.2, -0.15) is 5.26 Å². The molecule has 0 bridgehead atoms. The molecule has 39 heavy (non-hydrogen) atoms. The topological polar surface area (TPSA) is 152 Å². The fourth-order valence-corrected chi connectivity index (χ4v) is 4.51. The second-order valence-electron chi connectivity index (χ2n) is 9.12. The lowest BCUT2D eigenvalue weighted by atomic mass is 9.88. The number of urea groups is 1. The van der Waals surface area contributed by atoms with Gasteiger partial charge in [-0.3, -0.25) is 9.59 Å². The predicted molar refractivity (Wildman–Crippen MR) is 145 cm³/mol. The Bertz CT molecular complexity index is 1440. The van der Waals surface area contributed by atoms with E-state index in [0.717, 1.165) is 11.1 Å². The Morgan fingerprint density at radius 2 is 1.67 bits per heavy atom. The number of nitriles is 1. The van der Waals surface area contributed by atoms with Crippen LogP contribution in [0, 0.1) is 11.3 Å². The number of benzene rings is 3. The molecule has 0 saturated heterocycles. The molecule has 0 radical (unpaired) electrons. The van der Waals surface area contributed by atoms with E-state index in [2.05, 4.69) is 22.0 Å². The van der Waals surface area contributed by atoms with Crippen LogP contribution in [0.3, 0.4) is 0 Å². The zero-order valence-electron chi connectivity index (χ0n) is 21.2. The molecule has 1 atom stereocenters. The van der Waals surface area contributed by atoms with Crippen LogP contribution >= 0.6 is 0 Å². The van der Waals surface area contributed by atoms with Crippen LogP contribution in [0.4, 0.5) is 21.0 Å². The third-order valence-electron chi connectivity index (χ3n) is 6.47. The van der Waals surface area contributed by atoms with Gasteiger partial charge in [-0.05, 0) is 79.4 Å². The molecule has 10 nitrogen and oxygen atoms in total. The molecule has 0 fully saturated rings. The van der Waals surface area contributed by atoms with Crippen molar-refractivity contribution >= 4 is 35.2 Å². The summed E-state index contributed by atoms with van der Waals surface area (Å²) in [5, 5.41) is 25.8. The molecular formula is C29H27N5O5. The first kappa shape index (κ1) is 26.9. The van der Waals surface area contributed by atoms with Gasteiger partial charge in [0.25, 0.3) is 5.91 Å². The SMILES string of the molecule is CC(=O)c1ccc(NC(=O)Nc2ccc3c(c2)C(=O)N(CCCNC(=O)O)C(c2ccc(C#N)cc2)C3)cc1. The number of hydrogen-bond acceptors (Lipinski definition) is 5. The molecule has 1 aliphatic rings. The number of carbonyl (C=O) groups is 4. The van der Waals surface area contributed by atoms with Gasteiger partial charge in [0, 0.05) is 35.6 Å². The Labute approximate surface area is 225 Å². The fraction of sp³-hybridized carbons (Fsp3) is 0.207. The number of carbonyl (C=O) groups excluding carboxylic acids is 3. The first-order valence-corrected chi connectivity index (χ1v) is 12.3. The highest BCUT2D eigenvalue weighted by atomic mass is 16.4. The van der Waals surface area contributed by atoms with E-state index >= 15 is 0 Å². The van der Waals surface area contributed by atoms with Crippen LogP contribution in [0.25, 0.3) is 0 Å². The second kappa shape index (κ2) is 11.9. The predicted octanol–water partition coefficient (Wildman–Crippen LogP) is 4.80. The fourth-order valence-electron chi connectivity index (χ4n) is 4.51. The van der Waals surface area contributed by atoms with Crippen LogP contribution in [-0.2, 0) is 6.42 Å². The minimum atomic E-state index is -1.13. The number of ketones is 1. The molecule has 10 heteroatoms. The van der Waals surface area contributed by atoms with E-state index in [-0.39, 0.29) is 24.3 Å². The number of carboxylic acid groups (broad SMARTS) is 1. The van der Waals surface area contributed by atoms with Crippen molar-refractivity contribution in [2.45, 2.75) is 25.8 Å². The Hall–Kier alpha value is -5.17. The number of amides is 4. The lowest BCUT2D eigenvalue weighted by Gasteiger charge is -2.37. The molecule has 4 N–H and O–H groups in total. The lowest BCUT2D eigenvalue weighted by Crippen LogP contribution is -2.42. The normalized spacial score (nSPS) is 14.1. The summed E-state index contributed by atoms with van der Waals surface area (Å²) in [5.41, 5.74) is 4.15. The average molecular weight is 526 g/mol. The van der Waals surface area contributed by atoms with Gasteiger partial charge in [0.2, 0.25) is 0 Å². The molecule has 198 valence electrons. The van der Waals surface area contributed by atoms with Crippen molar-refractivity contribution in [2.75, 3.05) is 23.7 Å². The summed E-state index contributed by atoms with van der Waals surface area (Å²) < 4.78 is 0. The highest BCUT2D eigenvalue weighted by Crippen LogP contribution is 2.34. The second-order valence-corrected chi connectivity index (χ2v) is 9.12. The molecule has 4 rings (SSSR count). The molecule has 4 amide bonds. The quantitative estimate of drug-likeness (QED) is 0.245. The van der Waals surface area contributed by atoms with E-state index in [1.807, 2.05) is 18.2 Å². The van der Waals surface area contributed by atoms with Gasteiger partial charge < -0.3 is 26.0 Å². The lowest BCUT2D eigenvalue weighted by molar-refractivity contribution is 0.0645. The number of Topliss-reactive ketones (excluding diaryl/α,β-unsaturated/α-hetero) is 1. The first-order valence-electron chi connectivity index (χ1n) is 12.3. The Morgan fingerprint density at radius 3 is 2.31 bits per heavy atom. The summed E-state index contributed by atoms with van der Waals surface area (Å²) in [6.07, 6.45) is -0.185. The van der Waals surface area contributed by atoms with Crippen molar-refractivity contribution in [1.82, 2.24) is 10.2 Å². The van der Waals surface area contributed by atoms with Crippen molar-refractivity contribution in [3.05, 3.63) is 94.5 Å². The Balaban J connectivity index is 1.52. The molecule has 0 aliphatic carbocycles. The summed E-state index contributed by atoms with van der Waals surface area (Å²) in [6, 6.07) is 20.1. The monoisotopic (exact) mass is 525 g/mol. The molecule has 0 aromatic heterocycles. The maximum absolute atomic E-state index is 13.6. The van der Waals surface area contributed by atoms with E-state index in [0.29, 0.717) is 47.5 Å². The van der Waals surface area contributed by atoms with Crippen molar-refractivity contribution in [2.24, 2.45) is 0 Å². The zero-order chi connectivity index (χ0) is 27.9. The van der Waals surface area contributed by atoms with E-state index in [9.17, 15) is 19.2 Å². The Morgan fingerprint density at radius 1 is 1.00 bits per heavy atom. The summed E-state index contributed by atoms with van der Waals surface area (Å²) >= 11 is 0. The van der Waals surface area contributed by atoms with Crippen LogP contribution < -0.4 is 16.0 Å². The van der Waals surface area contributed by atoms with Gasteiger partial charge in [-0.15, -0.1) is 0 Å². The third kappa shape index (κ3) is 6.59. The Kier molecular flexibility index (Phi) is 8.21. The molecule has 3 aromatic rings. The minimum absolute atomic E-state index is 0.0710. The molecular weight excluding hydrogens is 498 g/mol. The van der Waals surface area contributed by atoms with Gasteiger partial charge >= 0.3 is 12.1 Å². The number of fused-ring (bicyclic) bond motifs is 1. The van der Waals surface area contributed by atoms with E-state index < -0.39 is 12.1 Å². The largest absolute Gasteiger partial charge is 0.465 e. The maximum Gasteiger partial charge on any atom is 0.404 e. The summed E-state index contributed by atoms with van der Waals surface area (Å²) in [7, 11) is 0. The summed E-state index contributed by atoms with van der Waals surface area (Å²) in [6.45, 7) is 1.98. The van der Waals surface area contributed by atoms with E-state index in [1.165, 1.54) is 6.92 Å². The minimum Gasteiger partial charge on any atom is -0.465 e. The van der Waals surface area contributed by atoms with Crippen molar-refractivity contribution in [1.29, 1.82) is 5.26 Å². The average Bonchev–Trinajstić information content (AvgIpc) is 2.92. The number of rotatable bonds is 8. The van der Waals surface area contributed by atoms with Crippen LogP contribution in [0.2, 0.25) is 0 Å². The smallest absolute Gasteiger partial charge is 0.404 e. The molecule has 3 aromatic carbocycles. The van der Waals surface area contributed by atoms with Gasteiger partial charge in [0.05, 0.1) is 17.7 Å². The zero-order valence-corrected chi connectivity index (χ0v) is 21.2. The number of nitrogens with zero attached hydrogens (tertiary/aromatic N) is 2. The van der Waals surface area contributed by atoms with Crippen molar-refractivity contribution in [3.8, 4) is 6.07 Å². The van der Waals surface area contributed by atoms with Gasteiger partial charge in [-0.1, -0.05) is 18.2 Å². The van der Waals surface area contributed by atoms with Crippen LogP contribution in [0.5, 0.6) is 0 Å². The van der Waals surface area contributed by atoms with Crippen molar-refractivity contribution in [3.63, 3.8) is 0 Å². The molecule has 1 heterocycles. The van der Waals surface area contributed by atoms with Crippen LogP contribution in [-0.4, -0.2) is 46.9 Å². The van der Waals surface area contributed by atoms with Gasteiger partial charge in [0.15, 0.2) is 5.78 Å². The maximum atomic E-state index is 13.6. The summed E-state index contributed by atoms with van der Waals surface area (Å²) in [5.74, 6) is -0.303. The molecule has 0 saturated carbocycles. The number of nitrogens with one attached hydrogen (secondary N) is 3. The molecule has 1 unspecified atom stereocenters. The third-order valence-corrected chi connectivity index (χ3v) is 6.47. The molecule has 1 aliphatic heterocycles. The van der Waals surface area contributed by atoms with Gasteiger partial charge in [-0.25, -0.2) is 9.59 Å². The van der Waals surface area contributed by atoms with Crippen LogP contribution in [0.1, 0.15) is 56.8 Å². The summed E-state index contributed by atoms with van der Waals surface area (Å²) in [4.78, 5) is 50.2. The van der Waals surface area contributed by atoms with E-state index in [4.69, 9.17) is 10.4 Å². The highest BCUT2D eigenvalue weighted by molar-refractivity contribution is 6.03. The first-order chi connectivity index (χ1) is 18.7. The standard InChI is InChI=1S/C29H27N5O5/c1-18(35)20-7-10-23(11-8-20)32-28(37)33-24-12-9-22-15-26(21-5-3-19(17-30)4-6-21)34(27(36)25(22)16-24)14-2-13-31-29(38)39/h3-12,16,26,31H,2,13-15H2,1H3,(H,38,39)(H2,32,33,37). The van der Waals surface area contributed by atoms with Crippen molar-refractivity contribution < 1.29 is 24.3 Å². The van der Waals surface area contributed by atoms with Gasteiger partial charge in [0.1, 0.15) is 0 Å². The molecule has 0 spiro atoms. The van der Waals surface area contributed by atoms with Crippen LogP contribution in [0.15, 0.2) is 66.7 Å². The van der Waals surface area contributed by atoms with E-state index in [1.54, 1.807) is 53.4 Å². The number of anilines is 2.